The molecule has 0 amide bonds. The van der Waals surface area contributed by atoms with Crippen LogP contribution in [0.1, 0.15) is 29.9 Å². The first-order valence-corrected chi connectivity index (χ1v) is 6.14. The Kier molecular flexibility index (Phi) is 3.42. The minimum atomic E-state index is -0.162. The third-order valence-electron chi connectivity index (χ3n) is 3.09. The topological polar surface area (TPSA) is 12.0 Å². The van der Waals surface area contributed by atoms with E-state index in [1.165, 1.54) is 5.56 Å². The van der Waals surface area contributed by atoms with Gasteiger partial charge in [-0.2, -0.15) is 0 Å². The van der Waals surface area contributed by atoms with E-state index < -0.39 is 0 Å². The zero-order chi connectivity index (χ0) is 10.8. The molecular weight excluding hydrogens is 257 g/mol. The summed E-state index contributed by atoms with van der Waals surface area (Å²) < 4.78 is 13.9. The van der Waals surface area contributed by atoms with Crippen molar-refractivity contribution in [2.45, 2.75) is 25.7 Å². The lowest BCUT2D eigenvalue weighted by Crippen LogP contribution is -2.27. The van der Waals surface area contributed by atoms with Gasteiger partial charge in [0.05, 0.1) is 4.47 Å². The van der Waals surface area contributed by atoms with Crippen molar-refractivity contribution in [2.24, 2.45) is 0 Å². The molecule has 0 atom stereocenters. The van der Waals surface area contributed by atoms with Gasteiger partial charge in [0.25, 0.3) is 0 Å². The fourth-order valence-electron chi connectivity index (χ4n) is 2.23. The highest BCUT2D eigenvalue weighted by molar-refractivity contribution is 9.10. The van der Waals surface area contributed by atoms with Gasteiger partial charge in [-0.25, -0.2) is 4.39 Å². The predicted molar refractivity (Wildman–Crippen MR) is 63.7 cm³/mol. The molecule has 1 aliphatic rings. The number of piperidine rings is 1. The molecule has 1 aliphatic heterocycles. The molecule has 2 rings (SSSR count). The van der Waals surface area contributed by atoms with Gasteiger partial charge < -0.3 is 5.32 Å². The van der Waals surface area contributed by atoms with E-state index in [1.54, 1.807) is 6.07 Å². The normalized spacial score (nSPS) is 18.1. The number of hydrogen-bond donors (Lipinski definition) is 1. The van der Waals surface area contributed by atoms with Crippen LogP contribution >= 0.6 is 15.9 Å². The molecule has 1 fully saturated rings. The average Bonchev–Trinajstić information content (AvgIpc) is 2.25. The van der Waals surface area contributed by atoms with Crippen LogP contribution in [0.5, 0.6) is 0 Å². The highest BCUT2D eigenvalue weighted by Crippen LogP contribution is 2.31. The summed E-state index contributed by atoms with van der Waals surface area (Å²) in [4.78, 5) is 0. The maximum atomic E-state index is 13.3. The van der Waals surface area contributed by atoms with E-state index in [-0.39, 0.29) is 5.82 Å². The largest absolute Gasteiger partial charge is 0.317 e. The first kappa shape index (κ1) is 11.1. The number of halogens is 2. The van der Waals surface area contributed by atoms with Crippen molar-refractivity contribution in [1.82, 2.24) is 5.32 Å². The van der Waals surface area contributed by atoms with Crippen LogP contribution < -0.4 is 5.32 Å². The van der Waals surface area contributed by atoms with Crippen LogP contribution in [0.15, 0.2) is 16.6 Å². The Labute approximate surface area is 98.2 Å². The first-order chi connectivity index (χ1) is 7.18. The van der Waals surface area contributed by atoms with Crippen LogP contribution in [0, 0.1) is 12.7 Å². The molecule has 1 aromatic rings. The molecule has 0 aromatic heterocycles. The van der Waals surface area contributed by atoms with E-state index in [9.17, 15) is 4.39 Å². The number of hydrogen-bond acceptors (Lipinski definition) is 1. The minimum Gasteiger partial charge on any atom is -0.317 e. The molecule has 0 radical (unpaired) electrons. The Balaban J connectivity index is 2.30. The van der Waals surface area contributed by atoms with Gasteiger partial charge in [-0.1, -0.05) is 0 Å². The Bertz CT molecular complexity index is 359. The molecule has 0 saturated carbocycles. The smallest absolute Gasteiger partial charge is 0.137 e. The molecule has 0 unspecified atom stereocenters. The maximum absolute atomic E-state index is 13.3. The van der Waals surface area contributed by atoms with Crippen LogP contribution in [-0.2, 0) is 0 Å². The number of nitrogens with one attached hydrogen (secondary N) is 1. The highest BCUT2D eigenvalue weighted by Gasteiger charge is 2.18. The zero-order valence-electron chi connectivity index (χ0n) is 8.82. The molecule has 1 nitrogen and oxygen atoms in total. The van der Waals surface area contributed by atoms with Gasteiger partial charge in [0.15, 0.2) is 0 Å². The summed E-state index contributed by atoms with van der Waals surface area (Å²) in [5.74, 6) is 0.424. The van der Waals surface area contributed by atoms with Gasteiger partial charge in [0.2, 0.25) is 0 Å². The summed E-state index contributed by atoms with van der Waals surface area (Å²) in [5, 5.41) is 3.34. The Hall–Kier alpha value is -0.410. The molecule has 0 spiro atoms. The first-order valence-electron chi connectivity index (χ1n) is 5.34. The summed E-state index contributed by atoms with van der Waals surface area (Å²) in [6, 6.07) is 3.57. The van der Waals surface area contributed by atoms with E-state index in [4.69, 9.17) is 0 Å². The predicted octanol–water partition coefficient (Wildman–Crippen LogP) is 3.36. The van der Waals surface area contributed by atoms with E-state index >= 15 is 0 Å². The molecule has 15 heavy (non-hydrogen) atoms. The fraction of sp³-hybridized carbons (Fsp3) is 0.500. The van der Waals surface area contributed by atoms with Crippen molar-refractivity contribution in [3.05, 3.63) is 33.5 Å². The highest BCUT2D eigenvalue weighted by atomic mass is 79.9. The Morgan fingerprint density at radius 1 is 1.33 bits per heavy atom. The molecule has 0 bridgehead atoms. The lowest BCUT2D eigenvalue weighted by molar-refractivity contribution is 0.458. The standard InChI is InChI=1S/C12H15BrFN/c1-8-6-12(14)11(13)7-10(8)9-2-4-15-5-3-9/h6-7,9,15H,2-5H2,1H3. The van der Waals surface area contributed by atoms with E-state index in [2.05, 4.69) is 21.2 Å². The number of aryl methyl sites for hydroxylation is 1. The molecule has 1 heterocycles. The van der Waals surface area contributed by atoms with Crippen LogP contribution in [-0.4, -0.2) is 13.1 Å². The van der Waals surface area contributed by atoms with E-state index in [0.29, 0.717) is 10.4 Å². The summed E-state index contributed by atoms with van der Waals surface area (Å²) in [5.41, 5.74) is 2.37. The van der Waals surface area contributed by atoms with Crippen LogP contribution in [0.25, 0.3) is 0 Å². The van der Waals surface area contributed by atoms with Gasteiger partial charge in [0.1, 0.15) is 5.82 Å². The molecule has 1 N–H and O–H groups in total. The lowest BCUT2D eigenvalue weighted by Gasteiger charge is -2.24. The van der Waals surface area contributed by atoms with Crippen molar-refractivity contribution >= 4 is 15.9 Å². The minimum absolute atomic E-state index is 0.162. The maximum Gasteiger partial charge on any atom is 0.137 e. The SMILES string of the molecule is Cc1cc(F)c(Br)cc1C1CCNCC1. The van der Waals surface area contributed by atoms with E-state index in [0.717, 1.165) is 31.5 Å². The quantitative estimate of drug-likeness (QED) is 0.826. The third kappa shape index (κ3) is 2.40. The number of benzene rings is 1. The second-order valence-corrected chi connectivity index (χ2v) is 5.00. The summed E-state index contributed by atoms with van der Waals surface area (Å²) >= 11 is 3.26. The van der Waals surface area contributed by atoms with Gasteiger partial charge in [-0.05, 0) is 78.0 Å². The lowest BCUT2D eigenvalue weighted by atomic mass is 9.87. The molecular formula is C12H15BrFN. The van der Waals surface area contributed by atoms with Gasteiger partial charge in [-0.3, -0.25) is 0 Å². The molecule has 3 heteroatoms. The third-order valence-corrected chi connectivity index (χ3v) is 3.70. The molecule has 0 aliphatic carbocycles. The van der Waals surface area contributed by atoms with Crippen LogP contribution in [0.4, 0.5) is 4.39 Å². The Morgan fingerprint density at radius 3 is 2.67 bits per heavy atom. The fourth-order valence-corrected chi connectivity index (χ4v) is 2.60. The summed E-state index contributed by atoms with van der Waals surface area (Å²) in [6.07, 6.45) is 2.30. The van der Waals surface area contributed by atoms with Gasteiger partial charge >= 0.3 is 0 Å². The van der Waals surface area contributed by atoms with Crippen molar-refractivity contribution in [3.63, 3.8) is 0 Å². The van der Waals surface area contributed by atoms with Crippen molar-refractivity contribution < 1.29 is 4.39 Å². The second kappa shape index (κ2) is 4.62. The van der Waals surface area contributed by atoms with E-state index in [1.807, 2.05) is 13.0 Å². The molecule has 1 aromatic carbocycles. The Morgan fingerprint density at radius 2 is 2.00 bits per heavy atom. The van der Waals surface area contributed by atoms with Crippen LogP contribution in [0.3, 0.4) is 0 Å². The van der Waals surface area contributed by atoms with Crippen LogP contribution in [0.2, 0.25) is 0 Å². The van der Waals surface area contributed by atoms with Crippen molar-refractivity contribution in [2.75, 3.05) is 13.1 Å². The monoisotopic (exact) mass is 271 g/mol. The average molecular weight is 272 g/mol. The zero-order valence-corrected chi connectivity index (χ0v) is 10.4. The second-order valence-electron chi connectivity index (χ2n) is 4.15. The van der Waals surface area contributed by atoms with Gasteiger partial charge in [0, 0.05) is 0 Å². The number of rotatable bonds is 1. The molecule has 82 valence electrons. The summed E-state index contributed by atoms with van der Waals surface area (Å²) in [7, 11) is 0. The molecule has 1 saturated heterocycles. The van der Waals surface area contributed by atoms with Crippen molar-refractivity contribution in [1.29, 1.82) is 0 Å². The summed E-state index contributed by atoms with van der Waals surface area (Å²) in [6.45, 7) is 4.13. The van der Waals surface area contributed by atoms with Crippen molar-refractivity contribution in [3.8, 4) is 0 Å². The van der Waals surface area contributed by atoms with Gasteiger partial charge in [-0.15, -0.1) is 0 Å².